The average Bonchev–Trinajstić information content (AvgIpc) is 2.49. The fourth-order valence-electron chi connectivity index (χ4n) is 2.69. The molecule has 2 atom stereocenters. The molecule has 1 saturated heterocycles. The normalized spacial score (nSPS) is 22.2. The lowest BCUT2D eigenvalue weighted by Crippen LogP contribution is -2.49. The summed E-state index contributed by atoms with van der Waals surface area (Å²) >= 11 is 5.86. The second kappa shape index (κ2) is 6.60. The van der Waals surface area contributed by atoms with Crippen molar-refractivity contribution in [3.63, 3.8) is 0 Å². The lowest BCUT2D eigenvalue weighted by atomic mass is 9.98. The fraction of sp³-hybridized carbons (Fsp3) is 0.643. The minimum absolute atomic E-state index is 0.139. The average molecular weight is 333 g/mol. The van der Waals surface area contributed by atoms with Crippen molar-refractivity contribution in [2.45, 2.75) is 56.6 Å². The van der Waals surface area contributed by atoms with E-state index in [9.17, 15) is 13.5 Å². The van der Waals surface area contributed by atoms with E-state index in [4.69, 9.17) is 11.6 Å². The molecule has 0 saturated carbocycles. The summed E-state index contributed by atoms with van der Waals surface area (Å²) in [7, 11) is -3.65. The molecule has 0 aromatic carbocycles. The maximum absolute atomic E-state index is 12.8. The molecule has 0 amide bonds. The number of sulfonamides is 1. The fourth-order valence-corrected chi connectivity index (χ4v) is 4.55. The van der Waals surface area contributed by atoms with Crippen LogP contribution in [0.15, 0.2) is 17.2 Å². The monoisotopic (exact) mass is 332 g/mol. The topological polar surface area (TPSA) is 70.5 Å². The van der Waals surface area contributed by atoms with Crippen molar-refractivity contribution in [2.24, 2.45) is 0 Å². The molecule has 1 aromatic heterocycles. The first kappa shape index (κ1) is 16.7. The van der Waals surface area contributed by atoms with E-state index in [0.29, 0.717) is 30.1 Å². The number of nitrogens with zero attached hydrogens (tertiary/aromatic N) is 2. The van der Waals surface area contributed by atoms with Crippen LogP contribution in [0.1, 0.15) is 38.2 Å². The lowest BCUT2D eigenvalue weighted by Gasteiger charge is -2.37. The Labute approximate surface area is 131 Å². The highest BCUT2D eigenvalue weighted by Gasteiger charge is 2.37. The molecule has 1 aliphatic rings. The third-order valence-corrected chi connectivity index (χ3v) is 6.24. The smallest absolute Gasteiger partial charge is 0.244 e. The summed E-state index contributed by atoms with van der Waals surface area (Å²) in [6, 6.07) is 1.18. The van der Waals surface area contributed by atoms with Crippen molar-refractivity contribution in [1.29, 1.82) is 0 Å². The molecule has 1 aliphatic heterocycles. The Morgan fingerprint density at radius 2 is 2.24 bits per heavy atom. The van der Waals surface area contributed by atoms with Gasteiger partial charge in [-0.25, -0.2) is 13.4 Å². The minimum atomic E-state index is -3.65. The van der Waals surface area contributed by atoms with Gasteiger partial charge in [0.05, 0.1) is 12.1 Å². The van der Waals surface area contributed by atoms with Gasteiger partial charge in [-0.1, -0.05) is 24.9 Å². The van der Waals surface area contributed by atoms with Crippen molar-refractivity contribution in [3.05, 3.63) is 23.0 Å². The standard InChI is InChI=1S/C14H21ClN2O3S/c1-3-13(18)12-6-4-5-7-17(12)21(19,20)11-8-10(2)14(15)16-9-11/h8-9,12-13,18H,3-7H2,1-2H3. The summed E-state index contributed by atoms with van der Waals surface area (Å²) in [4.78, 5) is 4.07. The molecule has 118 valence electrons. The van der Waals surface area contributed by atoms with Gasteiger partial charge in [-0.3, -0.25) is 0 Å². The van der Waals surface area contributed by atoms with E-state index in [1.54, 1.807) is 6.92 Å². The number of rotatable bonds is 4. The van der Waals surface area contributed by atoms with Crippen LogP contribution in [-0.4, -0.2) is 41.5 Å². The first-order valence-electron chi connectivity index (χ1n) is 7.20. The first-order chi connectivity index (χ1) is 9.87. The Bertz CT molecular complexity index is 606. The van der Waals surface area contributed by atoms with Gasteiger partial charge in [0, 0.05) is 12.7 Å². The Balaban J connectivity index is 2.38. The van der Waals surface area contributed by atoms with Gasteiger partial charge in [-0.15, -0.1) is 0 Å². The zero-order valence-corrected chi connectivity index (χ0v) is 13.9. The quantitative estimate of drug-likeness (QED) is 0.859. The SMILES string of the molecule is CCC(O)C1CCCCN1S(=O)(=O)c1cnc(Cl)c(C)c1. The molecule has 2 rings (SSSR count). The Kier molecular flexibility index (Phi) is 5.24. The highest BCUT2D eigenvalue weighted by molar-refractivity contribution is 7.89. The summed E-state index contributed by atoms with van der Waals surface area (Å²) in [5.41, 5.74) is 0.627. The van der Waals surface area contributed by atoms with E-state index >= 15 is 0 Å². The molecule has 1 fully saturated rings. The second-order valence-corrected chi connectivity index (χ2v) is 7.68. The zero-order chi connectivity index (χ0) is 15.6. The number of aliphatic hydroxyl groups excluding tert-OH is 1. The Morgan fingerprint density at radius 1 is 1.52 bits per heavy atom. The Morgan fingerprint density at radius 3 is 2.86 bits per heavy atom. The highest BCUT2D eigenvalue weighted by Crippen LogP contribution is 2.28. The Hall–Kier alpha value is -0.690. The summed E-state index contributed by atoms with van der Waals surface area (Å²) in [6.45, 7) is 4.02. The molecule has 2 unspecified atom stereocenters. The molecule has 1 aromatic rings. The van der Waals surface area contributed by atoms with Gasteiger partial charge in [0.25, 0.3) is 0 Å². The number of halogens is 1. The predicted molar refractivity (Wildman–Crippen MR) is 81.8 cm³/mol. The van der Waals surface area contributed by atoms with Crippen LogP contribution < -0.4 is 0 Å². The number of aliphatic hydroxyl groups is 1. The molecule has 21 heavy (non-hydrogen) atoms. The molecular formula is C14H21ClN2O3S. The largest absolute Gasteiger partial charge is 0.391 e. The van der Waals surface area contributed by atoms with Crippen LogP contribution in [0.2, 0.25) is 5.15 Å². The molecule has 0 bridgehead atoms. The van der Waals surface area contributed by atoms with Gasteiger partial charge in [-0.2, -0.15) is 4.31 Å². The summed E-state index contributed by atoms with van der Waals surface area (Å²) in [6.07, 6.45) is 3.62. The van der Waals surface area contributed by atoms with E-state index in [0.717, 1.165) is 12.8 Å². The van der Waals surface area contributed by atoms with Crippen LogP contribution in [0.25, 0.3) is 0 Å². The number of hydrogen-bond acceptors (Lipinski definition) is 4. The van der Waals surface area contributed by atoms with E-state index in [2.05, 4.69) is 4.98 Å². The maximum atomic E-state index is 12.8. The number of hydrogen-bond donors (Lipinski definition) is 1. The van der Waals surface area contributed by atoms with Crippen LogP contribution in [0.3, 0.4) is 0 Å². The van der Waals surface area contributed by atoms with Gasteiger partial charge in [0.15, 0.2) is 0 Å². The number of piperidine rings is 1. The van der Waals surface area contributed by atoms with Crippen molar-refractivity contribution < 1.29 is 13.5 Å². The first-order valence-corrected chi connectivity index (χ1v) is 9.01. The van der Waals surface area contributed by atoms with Gasteiger partial charge in [0.1, 0.15) is 10.0 Å². The maximum Gasteiger partial charge on any atom is 0.244 e. The third kappa shape index (κ3) is 3.39. The molecule has 0 aliphatic carbocycles. The predicted octanol–water partition coefficient (Wildman–Crippen LogP) is 2.36. The van der Waals surface area contributed by atoms with E-state index in [1.807, 2.05) is 6.92 Å². The summed E-state index contributed by atoms with van der Waals surface area (Å²) in [5, 5.41) is 10.4. The minimum Gasteiger partial charge on any atom is -0.391 e. The molecule has 2 heterocycles. The van der Waals surface area contributed by atoms with Crippen LogP contribution in [0, 0.1) is 6.92 Å². The van der Waals surface area contributed by atoms with Crippen LogP contribution >= 0.6 is 11.6 Å². The molecule has 0 spiro atoms. The molecular weight excluding hydrogens is 312 g/mol. The van der Waals surface area contributed by atoms with Gasteiger partial charge in [-0.05, 0) is 37.8 Å². The number of aryl methyl sites for hydroxylation is 1. The van der Waals surface area contributed by atoms with Crippen molar-refractivity contribution in [1.82, 2.24) is 9.29 Å². The van der Waals surface area contributed by atoms with Crippen molar-refractivity contribution in [2.75, 3.05) is 6.54 Å². The van der Waals surface area contributed by atoms with Crippen LogP contribution in [-0.2, 0) is 10.0 Å². The number of pyridine rings is 1. The van der Waals surface area contributed by atoms with E-state index in [-0.39, 0.29) is 10.9 Å². The van der Waals surface area contributed by atoms with Crippen molar-refractivity contribution >= 4 is 21.6 Å². The molecule has 1 N–H and O–H groups in total. The second-order valence-electron chi connectivity index (χ2n) is 5.43. The number of aromatic nitrogens is 1. The van der Waals surface area contributed by atoms with E-state index in [1.165, 1.54) is 16.6 Å². The van der Waals surface area contributed by atoms with Gasteiger partial charge < -0.3 is 5.11 Å². The summed E-state index contributed by atoms with van der Waals surface area (Å²) < 4.78 is 27.1. The summed E-state index contributed by atoms with van der Waals surface area (Å²) in [5.74, 6) is 0. The van der Waals surface area contributed by atoms with Crippen LogP contribution in [0.4, 0.5) is 0 Å². The lowest BCUT2D eigenvalue weighted by molar-refractivity contribution is 0.0667. The van der Waals surface area contributed by atoms with E-state index < -0.39 is 16.1 Å². The molecule has 7 heteroatoms. The van der Waals surface area contributed by atoms with Gasteiger partial charge >= 0.3 is 0 Å². The van der Waals surface area contributed by atoms with Crippen molar-refractivity contribution in [3.8, 4) is 0 Å². The highest BCUT2D eigenvalue weighted by atomic mass is 35.5. The third-order valence-electron chi connectivity index (χ3n) is 3.96. The zero-order valence-electron chi connectivity index (χ0n) is 12.3. The molecule has 0 radical (unpaired) electrons. The molecule has 5 nitrogen and oxygen atoms in total. The van der Waals surface area contributed by atoms with Crippen LogP contribution in [0.5, 0.6) is 0 Å². The van der Waals surface area contributed by atoms with Gasteiger partial charge in [0.2, 0.25) is 10.0 Å².